The molecular weight excluding hydrogens is 185 g/mol. The van der Waals surface area contributed by atoms with E-state index < -0.39 is 11.4 Å². The molecule has 0 heterocycles. The molecule has 0 aliphatic carbocycles. The van der Waals surface area contributed by atoms with Gasteiger partial charge in [0.1, 0.15) is 11.6 Å². The first kappa shape index (κ1) is 10.9. The second-order valence-electron chi connectivity index (χ2n) is 3.64. The van der Waals surface area contributed by atoms with Crippen molar-refractivity contribution < 1.29 is 14.6 Å². The minimum atomic E-state index is -1.13. The third kappa shape index (κ3) is 1.71. The van der Waals surface area contributed by atoms with Gasteiger partial charge < -0.3 is 15.9 Å². The molecular formula is C10H14FNO2. The topological polar surface area (TPSA) is 66.5 Å². The third-order valence-electron chi connectivity index (χ3n) is 2.28. The molecule has 0 bridgehead atoms. The van der Waals surface area contributed by atoms with Crippen molar-refractivity contribution in [2.45, 2.75) is 19.4 Å². The van der Waals surface area contributed by atoms with Crippen LogP contribution < -0.4 is 5.73 Å². The van der Waals surface area contributed by atoms with E-state index in [1.54, 1.807) is 0 Å². The van der Waals surface area contributed by atoms with Crippen LogP contribution in [-0.4, -0.2) is 16.8 Å². The van der Waals surface area contributed by atoms with E-state index in [0.29, 0.717) is 0 Å². The zero-order valence-electron chi connectivity index (χ0n) is 8.21. The van der Waals surface area contributed by atoms with Gasteiger partial charge in [0, 0.05) is 5.56 Å². The van der Waals surface area contributed by atoms with Crippen LogP contribution in [0.2, 0.25) is 0 Å². The van der Waals surface area contributed by atoms with E-state index in [9.17, 15) is 9.50 Å². The predicted octanol–water partition coefficient (Wildman–Crippen LogP) is 1.01. The fourth-order valence-electron chi connectivity index (χ4n) is 1.47. The summed E-state index contributed by atoms with van der Waals surface area (Å²) >= 11 is 0. The lowest BCUT2D eigenvalue weighted by Crippen LogP contribution is -2.38. The molecule has 0 radical (unpaired) electrons. The summed E-state index contributed by atoms with van der Waals surface area (Å²) in [7, 11) is 0. The smallest absolute Gasteiger partial charge is 0.126 e. The first-order valence-electron chi connectivity index (χ1n) is 4.28. The van der Waals surface area contributed by atoms with E-state index in [4.69, 9.17) is 10.8 Å². The van der Waals surface area contributed by atoms with Crippen LogP contribution in [0, 0.1) is 12.7 Å². The third-order valence-corrected chi connectivity index (χ3v) is 2.28. The lowest BCUT2D eigenvalue weighted by atomic mass is 9.89. The van der Waals surface area contributed by atoms with Crippen molar-refractivity contribution in [2.75, 3.05) is 6.61 Å². The van der Waals surface area contributed by atoms with Crippen LogP contribution in [-0.2, 0) is 5.54 Å². The Bertz CT molecular complexity index is 350. The van der Waals surface area contributed by atoms with Crippen LogP contribution in [0.4, 0.5) is 4.39 Å². The van der Waals surface area contributed by atoms with E-state index in [0.717, 1.165) is 0 Å². The van der Waals surface area contributed by atoms with Crippen LogP contribution in [0.3, 0.4) is 0 Å². The first-order valence-corrected chi connectivity index (χ1v) is 4.28. The Morgan fingerprint density at radius 1 is 1.50 bits per heavy atom. The Kier molecular flexibility index (Phi) is 2.78. The fourth-order valence-corrected chi connectivity index (χ4v) is 1.47. The van der Waals surface area contributed by atoms with Crippen molar-refractivity contribution in [2.24, 2.45) is 5.73 Å². The molecule has 14 heavy (non-hydrogen) atoms. The van der Waals surface area contributed by atoms with Crippen molar-refractivity contribution in [1.82, 2.24) is 0 Å². The standard InChI is InChI=1S/C10H14FNO2/c1-6-7(11)3-4-8(14)9(6)10(2,12)5-13/h3-4,13-14H,5,12H2,1-2H3/t10-/m0/s1. The van der Waals surface area contributed by atoms with Crippen molar-refractivity contribution in [3.8, 4) is 5.75 Å². The number of halogens is 1. The highest BCUT2D eigenvalue weighted by Crippen LogP contribution is 2.31. The Labute approximate surface area is 82.0 Å². The van der Waals surface area contributed by atoms with Gasteiger partial charge in [-0.2, -0.15) is 0 Å². The molecule has 78 valence electrons. The minimum absolute atomic E-state index is 0.0945. The molecule has 0 saturated heterocycles. The molecule has 3 nitrogen and oxygen atoms in total. The Hall–Kier alpha value is -1.13. The molecule has 1 aromatic carbocycles. The average Bonchev–Trinajstić information content (AvgIpc) is 2.12. The van der Waals surface area contributed by atoms with Gasteiger partial charge in [0.05, 0.1) is 12.1 Å². The number of hydrogen-bond donors (Lipinski definition) is 3. The van der Waals surface area contributed by atoms with Crippen molar-refractivity contribution in [3.63, 3.8) is 0 Å². The maximum atomic E-state index is 13.2. The lowest BCUT2D eigenvalue weighted by Gasteiger charge is -2.25. The van der Waals surface area contributed by atoms with Crippen molar-refractivity contribution >= 4 is 0 Å². The van der Waals surface area contributed by atoms with Gasteiger partial charge in [-0.3, -0.25) is 0 Å². The van der Waals surface area contributed by atoms with Crippen LogP contribution in [0.1, 0.15) is 18.1 Å². The molecule has 4 N–H and O–H groups in total. The normalized spacial score (nSPS) is 15.2. The van der Waals surface area contributed by atoms with Crippen LogP contribution >= 0.6 is 0 Å². The molecule has 0 fully saturated rings. The van der Waals surface area contributed by atoms with Gasteiger partial charge in [0.2, 0.25) is 0 Å². The Balaban J connectivity index is 3.40. The first-order chi connectivity index (χ1) is 6.40. The average molecular weight is 199 g/mol. The largest absolute Gasteiger partial charge is 0.508 e. The molecule has 1 rings (SSSR count). The summed E-state index contributed by atoms with van der Waals surface area (Å²) in [4.78, 5) is 0. The maximum absolute atomic E-state index is 13.2. The second kappa shape index (κ2) is 3.55. The molecule has 0 spiro atoms. The van der Waals surface area contributed by atoms with Gasteiger partial charge in [-0.1, -0.05) is 0 Å². The Morgan fingerprint density at radius 2 is 2.07 bits per heavy atom. The van der Waals surface area contributed by atoms with Gasteiger partial charge in [0.15, 0.2) is 0 Å². The molecule has 0 aromatic heterocycles. The number of phenols is 1. The molecule has 0 aliphatic heterocycles. The van der Waals surface area contributed by atoms with Crippen molar-refractivity contribution in [1.29, 1.82) is 0 Å². The summed E-state index contributed by atoms with van der Waals surface area (Å²) in [6.45, 7) is 2.70. The summed E-state index contributed by atoms with van der Waals surface area (Å²) in [5, 5.41) is 18.6. The molecule has 0 saturated carbocycles. The molecule has 4 heteroatoms. The van der Waals surface area contributed by atoms with Gasteiger partial charge in [-0.15, -0.1) is 0 Å². The van der Waals surface area contributed by atoms with Gasteiger partial charge >= 0.3 is 0 Å². The van der Waals surface area contributed by atoms with Crippen LogP contribution in [0.15, 0.2) is 12.1 Å². The Morgan fingerprint density at radius 3 is 2.57 bits per heavy atom. The summed E-state index contributed by atoms with van der Waals surface area (Å²) in [5.74, 6) is -0.536. The number of aromatic hydroxyl groups is 1. The van der Waals surface area contributed by atoms with Gasteiger partial charge in [0.25, 0.3) is 0 Å². The van der Waals surface area contributed by atoms with E-state index >= 15 is 0 Å². The summed E-state index contributed by atoms with van der Waals surface area (Å²) in [5.41, 5.74) is 5.12. The van der Waals surface area contributed by atoms with Crippen LogP contribution in [0.5, 0.6) is 5.75 Å². The van der Waals surface area contributed by atoms with Crippen LogP contribution in [0.25, 0.3) is 0 Å². The van der Waals surface area contributed by atoms with Gasteiger partial charge in [-0.25, -0.2) is 4.39 Å². The predicted molar refractivity (Wildman–Crippen MR) is 51.4 cm³/mol. The number of nitrogens with two attached hydrogens (primary N) is 1. The highest BCUT2D eigenvalue weighted by molar-refractivity contribution is 5.44. The highest BCUT2D eigenvalue weighted by atomic mass is 19.1. The molecule has 1 atom stereocenters. The summed E-state index contributed by atoms with van der Waals surface area (Å²) < 4.78 is 13.2. The fraction of sp³-hybridized carbons (Fsp3) is 0.400. The number of aliphatic hydroxyl groups is 1. The number of benzene rings is 1. The quantitative estimate of drug-likeness (QED) is 0.665. The molecule has 0 amide bonds. The number of hydrogen-bond acceptors (Lipinski definition) is 3. The summed E-state index contributed by atoms with van der Waals surface area (Å²) in [6, 6.07) is 2.40. The zero-order chi connectivity index (χ0) is 10.9. The monoisotopic (exact) mass is 199 g/mol. The lowest BCUT2D eigenvalue weighted by molar-refractivity contribution is 0.206. The van der Waals surface area contributed by atoms with E-state index in [1.165, 1.54) is 26.0 Å². The number of rotatable bonds is 2. The molecule has 1 aromatic rings. The van der Waals surface area contributed by atoms with E-state index in [1.807, 2.05) is 0 Å². The molecule has 0 aliphatic rings. The summed E-state index contributed by atoms with van der Waals surface area (Å²) in [6.07, 6.45) is 0. The van der Waals surface area contributed by atoms with Gasteiger partial charge in [-0.05, 0) is 31.5 Å². The second-order valence-corrected chi connectivity index (χ2v) is 3.64. The number of aliphatic hydroxyl groups excluding tert-OH is 1. The van der Waals surface area contributed by atoms with E-state index in [2.05, 4.69) is 0 Å². The SMILES string of the molecule is Cc1c(F)ccc(O)c1[C@@](C)(N)CO. The highest BCUT2D eigenvalue weighted by Gasteiger charge is 2.26. The molecule has 0 unspecified atom stereocenters. The van der Waals surface area contributed by atoms with Crippen molar-refractivity contribution in [3.05, 3.63) is 29.1 Å². The zero-order valence-corrected chi connectivity index (χ0v) is 8.21. The minimum Gasteiger partial charge on any atom is -0.508 e. The number of phenolic OH excluding ortho intramolecular Hbond substituents is 1. The van der Waals surface area contributed by atoms with E-state index in [-0.39, 0.29) is 23.5 Å². The maximum Gasteiger partial charge on any atom is 0.126 e.